The number of hydrogen-bond acceptors (Lipinski definition) is 1. The van der Waals surface area contributed by atoms with Crippen LogP contribution in [-0.4, -0.2) is 18.0 Å². The van der Waals surface area contributed by atoms with Gasteiger partial charge in [0.05, 0.1) is 16.8 Å². The van der Waals surface area contributed by atoms with E-state index >= 15 is 0 Å². The maximum atomic E-state index is 12.3. The van der Waals surface area contributed by atoms with Gasteiger partial charge in [-0.2, -0.15) is 0 Å². The van der Waals surface area contributed by atoms with Crippen molar-refractivity contribution >= 4 is 34.8 Å². The second-order valence-corrected chi connectivity index (χ2v) is 6.86. The van der Waals surface area contributed by atoms with Gasteiger partial charge in [-0.05, 0) is 44.4 Å². The van der Waals surface area contributed by atoms with Crippen LogP contribution in [0.15, 0.2) is 18.2 Å². The molecule has 0 aliphatic heterocycles. The summed E-state index contributed by atoms with van der Waals surface area (Å²) in [5.74, 6) is 0.658. The zero-order chi connectivity index (χ0) is 15.4. The SMILES string of the molecule is C[C@H]([NH2+][C@H]1CCCC[C@@H]1C)C(=O)Nc1ccc(Cl)cc1Cl. The molecule has 3 N–H and O–H groups in total. The summed E-state index contributed by atoms with van der Waals surface area (Å²) in [6.07, 6.45) is 5.04. The zero-order valence-electron chi connectivity index (χ0n) is 12.5. The lowest BCUT2D eigenvalue weighted by Crippen LogP contribution is -2.97. The van der Waals surface area contributed by atoms with Crippen LogP contribution in [-0.2, 0) is 4.79 Å². The number of nitrogens with two attached hydrogens (primary N) is 1. The molecule has 0 spiro atoms. The Morgan fingerprint density at radius 3 is 2.71 bits per heavy atom. The summed E-state index contributed by atoms with van der Waals surface area (Å²) in [5.41, 5.74) is 0.614. The number of anilines is 1. The maximum absolute atomic E-state index is 12.3. The van der Waals surface area contributed by atoms with Gasteiger partial charge in [0.15, 0.2) is 6.04 Å². The van der Waals surface area contributed by atoms with Crippen LogP contribution in [0.4, 0.5) is 5.69 Å². The monoisotopic (exact) mass is 329 g/mol. The van der Waals surface area contributed by atoms with Gasteiger partial charge in [0.2, 0.25) is 0 Å². The first-order valence-electron chi connectivity index (χ1n) is 7.58. The van der Waals surface area contributed by atoms with E-state index in [2.05, 4.69) is 17.6 Å². The molecular formula is C16H23Cl2N2O+. The first kappa shape index (κ1) is 16.6. The number of carbonyl (C=O) groups is 1. The molecule has 1 fully saturated rings. The van der Waals surface area contributed by atoms with E-state index in [4.69, 9.17) is 23.2 Å². The van der Waals surface area contributed by atoms with Crippen molar-refractivity contribution < 1.29 is 10.1 Å². The topological polar surface area (TPSA) is 45.7 Å². The molecule has 0 radical (unpaired) electrons. The molecule has 3 atom stereocenters. The fourth-order valence-corrected chi connectivity index (χ4v) is 3.38. The van der Waals surface area contributed by atoms with Gasteiger partial charge in [-0.15, -0.1) is 0 Å². The molecule has 0 saturated heterocycles. The van der Waals surface area contributed by atoms with E-state index in [0.717, 1.165) is 0 Å². The van der Waals surface area contributed by atoms with Crippen molar-refractivity contribution in [3.63, 3.8) is 0 Å². The summed E-state index contributed by atoms with van der Waals surface area (Å²) in [6.45, 7) is 4.22. The number of benzene rings is 1. The van der Waals surface area contributed by atoms with Crippen molar-refractivity contribution in [1.82, 2.24) is 0 Å². The Morgan fingerprint density at radius 1 is 1.33 bits per heavy atom. The van der Waals surface area contributed by atoms with Crippen molar-refractivity contribution in [3.8, 4) is 0 Å². The molecular weight excluding hydrogens is 307 g/mol. The lowest BCUT2D eigenvalue weighted by molar-refractivity contribution is -0.714. The second-order valence-electron chi connectivity index (χ2n) is 6.02. The van der Waals surface area contributed by atoms with Crippen molar-refractivity contribution in [3.05, 3.63) is 28.2 Å². The van der Waals surface area contributed by atoms with E-state index in [1.807, 2.05) is 6.92 Å². The predicted molar refractivity (Wildman–Crippen MR) is 87.9 cm³/mol. The van der Waals surface area contributed by atoms with Gasteiger partial charge in [-0.1, -0.05) is 36.5 Å². The van der Waals surface area contributed by atoms with E-state index in [-0.39, 0.29) is 11.9 Å². The standard InChI is InChI=1S/C16H22Cl2N2O/c1-10-5-3-4-6-14(10)19-11(2)16(21)20-15-8-7-12(17)9-13(15)18/h7-11,14,19H,3-6H2,1-2H3,(H,20,21)/p+1/t10-,11-,14-/m0/s1. The van der Waals surface area contributed by atoms with Crippen LogP contribution in [0.3, 0.4) is 0 Å². The Hall–Kier alpha value is -0.770. The number of hydrogen-bond donors (Lipinski definition) is 2. The zero-order valence-corrected chi connectivity index (χ0v) is 14.0. The fourth-order valence-electron chi connectivity index (χ4n) is 2.93. The molecule has 1 aromatic rings. The molecule has 1 aliphatic rings. The number of amides is 1. The molecule has 0 bridgehead atoms. The van der Waals surface area contributed by atoms with Crippen LogP contribution in [0.5, 0.6) is 0 Å². The van der Waals surface area contributed by atoms with E-state index in [1.165, 1.54) is 25.7 Å². The average molecular weight is 330 g/mol. The van der Waals surface area contributed by atoms with E-state index < -0.39 is 0 Å². The highest BCUT2D eigenvalue weighted by Gasteiger charge is 2.28. The highest BCUT2D eigenvalue weighted by Crippen LogP contribution is 2.25. The van der Waals surface area contributed by atoms with Gasteiger partial charge in [0.25, 0.3) is 5.91 Å². The molecule has 5 heteroatoms. The van der Waals surface area contributed by atoms with Gasteiger partial charge in [-0.25, -0.2) is 0 Å². The minimum atomic E-state index is -0.123. The first-order valence-corrected chi connectivity index (χ1v) is 8.34. The van der Waals surface area contributed by atoms with Gasteiger partial charge in [-0.3, -0.25) is 4.79 Å². The lowest BCUT2D eigenvalue weighted by Gasteiger charge is -2.28. The Balaban J connectivity index is 1.92. The number of rotatable bonds is 4. The Morgan fingerprint density at radius 2 is 2.05 bits per heavy atom. The molecule has 116 valence electrons. The van der Waals surface area contributed by atoms with Crippen LogP contribution in [0.25, 0.3) is 0 Å². The Kier molecular flexibility index (Phi) is 5.91. The molecule has 1 amide bonds. The predicted octanol–water partition coefficient (Wildman–Crippen LogP) is 3.46. The lowest BCUT2D eigenvalue weighted by atomic mass is 9.85. The number of halogens is 2. The number of carbonyl (C=O) groups excluding carboxylic acids is 1. The summed E-state index contributed by atoms with van der Waals surface area (Å²) in [4.78, 5) is 12.3. The smallest absolute Gasteiger partial charge is 0.282 e. The van der Waals surface area contributed by atoms with Crippen molar-refractivity contribution in [2.45, 2.75) is 51.6 Å². The molecule has 21 heavy (non-hydrogen) atoms. The normalized spacial score (nSPS) is 23.6. The maximum Gasteiger partial charge on any atom is 0.282 e. The summed E-state index contributed by atoms with van der Waals surface area (Å²) < 4.78 is 0. The third kappa shape index (κ3) is 4.60. The number of quaternary nitrogens is 1. The third-order valence-electron chi connectivity index (χ3n) is 4.32. The summed E-state index contributed by atoms with van der Waals surface area (Å²) >= 11 is 11.9. The van der Waals surface area contributed by atoms with Crippen molar-refractivity contribution in [1.29, 1.82) is 0 Å². The van der Waals surface area contributed by atoms with Gasteiger partial charge < -0.3 is 10.6 Å². The first-order chi connectivity index (χ1) is 9.97. The van der Waals surface area contributed by atoms with Gasteiger partial charge in [0, 0.05) is 10.9 Å². The van der Waals surface area contributed by atoms with Crippen molar-refractivity contribution in [2.75, 3.05) is 5.32 Å². The van der Waals surface area contributed by atoms with Gasteiger partial charge in [0.1, 0.15) is 0 Å². The summed E-state index contributed by atoms with van der Waals surface area (Å²) in [7, 11) is 0. The van der Waals surface area contributed by atoms with Crippen molar-refractivity contribution in [2.24, 2.45) is 5.92 Å². The molecule has 3 nitrogen and oxygen atoms in total. The van der Waals surface area contributed by atoms with E-state index in [0.29, 0.717) is 27.7 Å². The summed E-state index contributed by atoms with van der Waals surface area (Å²) in [5, 5.41) is 6.11. The van der Waals surface area contributed by atoms with Crippen LogP contribution < -0.4 is 10.6 Å². The molecule has 0 aromatic heterocycles. The van der Waals surface area contributed by atoms with Crippen LogP contribution >= 0.6 is 23.2 Å². The van der Waals surface area contributed by atoms with Crippen LogP contribution in [0, 0.1) is 5.92 Å². The molecule has 2 rings (SSSR count). The van der Waals surface area contributed by atoms with Crippen LogP contribution in [0.1, 0.15) is 39.5 Å². The summed E-state index contributed by atoms with van der Waals surface area (Å²) in [6, 6.07) is 5.51. The quantitative estimate of drug-likeness (QED) is 0.872. The largest absolute Gasteiger partial charge is 0.334 e. The fraction of sp³-hybridized carbons (Fsp3) is 0.562. The number of nitrogens with one attached hydrogen (secondary N) is 1. The highest BCUT2D eigenvalue weighted by atomic mass is 35.5. The average Bonchev–Trinajstić information content (AvgIpc) is 2.44. The molecule has 0 heterocycles. The van der Waals surface area contributed by atoms with E-state index in [1.54, 1.807) is 18.2 Å². The molecule has 1 aromatic carbocycles. The van der Waals surface area contributed by atoms with Crippen LogP contribution in [0.2, 0.25) is 10.0 Å². The third-order valence-corrected chi connectivity index (χ3v) is 4.86. The second kappa shape index (κ2) is 7.48. The molecule has 0 unspecified atom stereocenters. The Labute approximate surface area is 136 Å². The molecule has 1 aliphatic carbocycles. The Bertz CT molecular complexity index is 507. The minimum Gasteiger partial charge on any atom is -0.334 e. The van der Waals surface area contributed by atoms with Gasteiger partial charge >= 0.3 is 0 Å². The minimum absolute atomic E-state index is 0.0167. The highest BCUT2D eigenvalue weighted by molar-refractivity contribution is 6.36. The molecule has 1 saturated carbocycles. The van der Waals surface area contributed by atoms with E-state index in [9.17, 15) is 4.79 Å².